The van der Waals surface area contributed by atoms with E-state index in [-0.39, 0.29) is 22.3 Å². The van der Waals surface area contributed by atoms with Gasteiger partial charge in [-0.25, -0.2) is 0 Å². The lowest BCUT2D eigenvalue weighted by Crippen LogP contribution is -2.32. The van der Waals surface area contributed by atoms with Crippen LogP contribution in [0.4, 0.5) is 5.69 Å². The zero-order valence-electron chi connectivity index (χ0n) is 11.1. The van der Waals surface area contributed by atoms with E-state index >= 15 is 0 Å². The lowest BCUT2D eigenvalue weighted by molar-refractivity contribution is -0.385. The van der Waals surface area contributed by atoms with Gasteiger partial charge in [-0.05, 0) is 55.3 Å². The summed E-state index contributed by atoms with van der Waals surface area (Å²) in [4.78, 5) is 10.5. The molecule has 1 aliphatic heterocycles. The first-order valence-electron chi connectivity index (χ1n) is 6.09. The summed E-state index contributed by atoms with van der Waals surface area (Å²) < 4.78 is 7.30. The minimum atomic E-state index is -0.371. The molecule has 19 heavy (non-hydrogen) atoms. The summed E-state index contributed by atoms with van der Waals surface area (Å²) in [6.07, 6.45) is 0.663. The third-order valence-corrected chi connectivity index (χ3v) is 5.50. The van der Waals surface area contributed by atoms with Gasteiger partial charge >= 0.3 is 0 Å². The van der Waals surface area contributed by atoms with Crippen molar-refractivity contribution in [3.05, 3.63) is 49.1 Å². The zero-order valence-corrected chi connectivity index (χ0v) is 13.3. The number of nitro groups is 1. The Hall–Kier alpha value is -0.950. The fourth-order valence-electron chi connectivity index (χ4n) is 2.36. The van der Waals surface area contributed by atoms with Gasteiger partial charge in [-0.3, -0.25) is 10.1 Å². The van der Waals surface area contributed by atoms with Crippen LogP contribution in [0.15, 0.2) is 33.4 Å². The van der Waals surface area contributed by atoms with Gasteiger partial charge < -0.3 is 4.74 Å². The molecule has 0 N–H and O–H groups in total. The van der Waals surface area contributed by atoms with Crippen LogP contribution < -0.4 is 0 Å². The Balaban J connectivity index is 2.34. The third-order valence-electron chi connectivity index (χ3n) is 3.28. The summed E-state index contributed by atoms with van der Waals surface area (Å²) in [5.41, 5.74) is 1.93. The monoisotopic (exact) mass is 373 g/mol. The van der Waals surface area contributed by atoms with E-state index < -0.39 is 0 Å². The number of benzene rings is 1. The second-order valence-corrected chi connectivity index (χ2v) is 6.35. The van der Waals surface area contributed by atoms with E-state index in [4.69, 9.17) is 4.74 Å². The Morgan fingerprint density at radius 3 is 2.74 bits per heavy atom. The molecule has 0 spiro atoms. The third kappa shape index (κ3) is 2.97. The molecule has 0 aromatic heterocycles. The molecule has 0 radical (unpaired) electrons. The number of nitrogens with zero attached hydrogens (tertiary/aromatic N) is 1. The Morgan fingerprint density at radius 2 is 2.16 bits per heavy atom. The van der Waals surface area contributed by atoms with Crippen molar-refractivity contribution >= 4 is 28.3 Å². The fraction of sp³-hybridized carbons (Fsp3) is 0.429. The molecule has 2 rings (SSSR count). The molecular formula is C14H16INO3. The van der Waals surface area contributed by atoms with Gasteiger partial charge in [0, 0.05) is 15.7 Å². The quantitative estimate of drug-likeness (QED) is 0.434. The molecular weight excluding hydrogens is 357 g/mol. The van der Waals surface area contributed by atoms with Gasteiger partial charge in [0.1, 0.15) is 0 Å². The highest BCUT2D eigenvalue weighted by Crippen LogP contribution is 2.43. The molecule has 0 saturated carbocycles. The summed E-state index contributed by atoms with van der Waals surface area (Å²) in [6.45, 7) is 6.15. The van der Waals surface area contributed by atoms with Crippen LogP contribution in [0.1, 0.15) is 38.9 Å². The largest absolute Gasteiger partial charge is 0.362 e. The highest BCUT2D eigenvalue weighted by molar-refractivity contribution is 14.1. The van der Waals surface area contributed by atoms with Gasteiger partial charge in [0.25, 0.3) is 5.69 Å². The summed E-state index contributed by atoms with van der Waals surface area (Å²) in [5.74, 6) is 0. The number of halogens is 1. The van der Waals surface area contributed by atoms with E-state index in [0.29, 0.717) is 0 Å². The number of ether oxygens (including phenoxy) is 1. The summed E-state index contributed by atoms with van der Waals surface area (Å²) >= 11 is 2.32. The zero-order chi connectivity index (χ0) is 14.2. The Bertz CT molecular complexity index is 551. The second kappa shape index (κ2) is 5.20. The van der Waals surface area contributed by atoms with Crippen LogP contribution >= 0.6 is 22.6 Å². The van der Waals surface area contributed by atoms with Crippen LogP contribution in [-0.2, 0) is 4.74 Å². The normalized spacial score (nSPS) is 22.4. The first kappa shape index (κ1) is 14.5. The van der Waals surface area contributed by atoms with Gasteiger partial charge in [-0.2, -0.15) is 0 Å². The SMILES string of the molecule is CC1=C(I)C(C)(C)OC(c2cccc([N+](=O)[O-])c2)C1. The molecule has 1 aliphatic rings. The van der Waals surface area contributed by atoms with Crippen molar-refractivity contribution < 1.29 is 9.66 Å². The molecule has 5 heteroatoms. The number of nitro benzene ring substituents is 1. The topological polar surface area (TPSA) is 52.4 Å². The van der Waals surface area contributed by atoms with Crippen molar-refractivity contribution in [3.63, 3.8) is 0 Å². The van der Waals surface area contributed by atoms with Crippen LogP contribution in [0, 0.1) is 10.1 Å². The summed E-state index contributed by atoms with van der Waals surface area (Å²) in [6, 6.07) is 6.71. The lowest BCUT2D eigenvalue weighted by Gasteiger charge is -2.37. The smallest absolute Gasteiger partial charge is 0.269 e. The van der Waals surface area contributed by atoms with Crippen LogP contribution in [0.25, 0.3) is 0 Å². The van der Waals surface area contributed by atoms with E-state index in [1.54, 1.807) is 12.1 Å². The molecule has 0 aliphatic carbocycles. The van der Waals surface area contributed by atoms with Gasteiger partial charge in [0.05, 0.1) is 16.6 Å². The van der Waals surface area contributed by atoms with Gasteiger partial charge in [-0.1, -0.05) is 17.7 Å². The lowest BCUT2D eigenvalue weighted by atomic mass is 9.93. The molecule has 0 bridgehead atoms. The number of non-ortho nitro benzene ring substituents is 1. The van der Waals surface area contributed by atoms with Crippen molar-refractivity contribution in [2.75, 3.05) is 0 Å². The van der Waals surface area contributed by atoms with Crippen LogP contribution in [-0.4, -0.2) is 10.5 Å². The molecule has 1 unspecified atom stereocenters. The van der Waals surface area contributed by atoms with Gasteiger partial charge in [0.15, 0.2) is 0 Å². The first-order valence-corrected chi connectivity index (χ1v) is 7.17. The maximum absolute atomic E-state index is 10.8. The van der Waals surface area contributed by atoms with Gasteiger partial charge in [-0.15, -0.1) is 0 Å². The maximum atomic E-state index is 10.8. The molecule has 1 heterocycles. The van der Waals surface area contributed by atoms with Crippen LogP contribution in [0.5, 0.6) is 0 Å². The van der Waals surface area contributed by atoms with Gasteiger partial charge in [0.2, 0.25) is 0 Å². The van der Waals surface area contributed by atoms with Crippen LogP contribution in [0.2, 0.25) is 0 Å². The predicted octanol–water partition coefficient (Wildman–Crippen LogP) is 4.54. The molecule has 0 saturated heterocycles. The maximum Gasteiger partial charge on any atom is 0.269 e. The molecule has 1 atom stereocenters. The fourth-order valence-corrected chi connectivity index (χ4v) is 2.70. The number of hydrogen-bond acceptors (Lipinski definition) is 3. The van der Waals surface area contributed by atoms with E-state index in [1.165, 1.54) is 15.2 Å². The minimum Gasteiger partial charge on any atom is -0.362 e. The standard InChI is InChI=1S/C14H16INO3/c1-9-7-12(19-14(2,3)13(9)15)10-5-4-6-11(8-10)16(17)18/h4-6,8,12H,7H2,1-3H3. The van der Waals surface area contributed by atoms with E-state index in [2.05, 4.69) is 29.5 Å². The molecule has 1 aromatic carbocycles. The summed E-state index contributed by atoms with van der Waals surface area (Å²) in [5, 5.41) is 10.8. The molecule has 0 amide bonds. The number of rotatable bonds is 2. The van der Waals surface area contributed by atoms with Crippen molar-refractivity contribution in [2.45, 2.75) is 38.9 Å². The van der Waals surface area contributed by atoms with E-state index in [1.807, 2.05) is 19.9 Å². The van der Waals surface area contributed by atoms with Crippen LogP contribution in [0.3, 0.4) is 0 Å². The van der Waals surface area contributed by atoms with Crippen molar-refractivity contribution in [2.24, 2.45) is 0 Å². The average molecular weight is 373 g/mol. The van der Waals surface area contributed by atoms with Crippen molar-refractivity contribution in [1.82, 2.24) is 0 Å². The Kier molecular flexibility index (Phi) is 3.96. The molecule has 102 valence electrons. The minimum absolute atomic E-state index is 0.112. The van der Waals surface area contributed by atoms with E-state index in [9.17, 15) is 10.1 Å². The number of hydrogen-bond donors (Lipinski definition) is 0. The van der Waals surface area contributed by atoms with Crippen molar-refractivity contribution in [1.29, 1.82) is 0 Å². The second-order valence-electron chi connectivity index (χ2n) is 5.27. The Morgan fingerprint density at radius 1 is 1.47 bits per heavy atom. The first-order chi connectivity index (χ1) is 8.81. The van der Waals surface area contributed by atoms with E-state index in [0.717, 1.165) is 12.0 Å². The highest BCUT2D eigenvalue weighted by atomic mass is 127. The predicted molar refractivity (Wildman–Crippen MR) is 82.3 cm³/mol. The Labute approximate surface area is 126 Å². The molecule has 0 fully saturated rings. The van der Waals surface area contributed by atoms with Crippen molar-refractivity contribution in [3.8, 4) is 0 Å². The summed E-state index contributed by atoms with van der Waals surface area (Å²) in [7, 11) is 0. The average Bonchev–Trinajstić information content (AvgIpc) is 2.35. The highest BCUT2D eigenvalue weighted by Gasteiger charge is 2.34. The molecule has 4 nitrogen and oxygen atoms in total. The molecule has 1 aromatic rings.